The maximum atomic E-state index is 13.2. The van der Waals surface area contributed by atoms with Crippen LogP contribution in [0.25, 0.3) is 0 Å². The summed E-state index contributed by atoms with van der Waals surface area (Å²) in [4.78, 5) is 45.1. The van der Waals surface area contributed by atoms with E-state index in [1.54, 1.807) is 36.3 Å². The second-order valence-electron chi connectivity index (χ2n) is 7.40. The van der Waals surface area contributed by atoms with Crippen LogP contribution >= 0.6 is 11.6 Å². The third-order valence-corrected chi connectivity index (χ3v) is 5.80. The van der Waals surface area contributed by atoms with Crippen LogP contribution in [-0.4, -0.2) is 52.8 Å². The van der Waals surface area contributed by atoms with Crippen LogP contribution in [0.1, 0.15) is 23.7 Å². The normalized spacial score (nSPS) is 18.2. The molecule has 0 fully saturated rings. The number of hydrogen-bond donors (Lipinski definition) is 2. The molecule has 0 spiro atoms. The number of halogens is 1. The van der Waals surface area contributed by atoms with Crippen molar-refractivity contribution in [2.24, 2.45) is 0 Å². The highest BCUT2D eigenvalue weighted by molar-refractivity contribution is 6.31. The molecule has 4 amide bonds. The highest BCUT2D eigenvalue weighted by Gasteiger charge is 2.43. The van der Waals surface area contributed by atoms with Crippen LogP contribution in [0.5, 0.6) is 0 Å². The number of carbonyl (C=O) groups excluding carboxylic acids is 3. The standard InChI is InChI=1S/C22H22ClN5O3/c1-27-17-13-28(11-9-18(29)25-12-14-6-4-5-10-24-14)21(30)19(17)20(26-22(27)31)15-7-2-3-8-16(15)23/h2-8,10,20H,9,11-13H2,1H3,(H,25,29)(H,26,31). The van der Waals surface area contributed by atoms with Crippen molar-refractivity contribution in [1.82, 2.24) is 25.4 Å². The van der Waals surface area contributed by atoms with E-state index in [1.165, 1.54) is 4.90 Å². The van der Waals surface area contributed by atoms with Gasteiger partial charge in [0.1, 0.15) is 0 Å². The molecule has 1 aromatic carbocycles. The Balaban J connectivity index is 1.44. The number of amides is 4. The van der Waals surface area contributed by atoms with E-state index in [1.807, 2.05) is 24.3 Å². The number of nitrogens with one attached hydrogen (secondary N) is 2. The second-order valence-corrected chi connectivity index (χ2v) is 7.81. The van der Waals surface area contributed by atoms with Crippen molar-refractivity contribution in [3.8, 4) is 0 Å². The maximum Gasteiger partial charge on any atom is 0.322 e. The summed E-state index contributed by atoms with van der Waals surface area (Å²) in [6, 6.07) is 11.7. The molecule has 2 aromatic rings. The molecule has 8 nitrogen and oxygen atoms in total. The third kappa shape index (κ3) is 4.25. The van der Waals surface area contributed by atoms with E-state index in [0.29, 0.717) is 28.4 Å². The van der Waals surface area contributed by atoms with Gasteiger partial charge in [0.2, 0.25) is 5.91 Å². The first-order chi connectivity index (χ1) is 15.0. The lowest BCUT2D eigenvalue weighted by atomic mass is 9.95. The van der Waals surface area contributed by atoms with Gasteiger partial charge in [0, 0.05) is 31.2 Å². The number of benzene rings is 1. The molecular weight excluding hydrogens is 418 g/mol. The number of pyridine rings is 1. The number of hydrogen-bond acceptors (Lipinski definition) is 4. The average Bonchev–Trinajstić information content (AvgIpc) is 3.11. The first-order valence-corrected chi connectivity index (χ1v) is 10.3. The van der Waals surface area contributed by atoms with Gasteiger partial charge < -0.3 is 15.5 Å². The highest BCUT2D eigenvalue weighted by atomic mass is 35.5. The molecule has 4 rings (SSSR count). The van der Waals surface area contributed by atoms with Crippen molar-refractivity contribution in [2.45, 2.75) is 19.0 Å². The molecule has 2 aliphatic heterocycles. The molecule has 160 valence electrons. The van der Waals surface area contributed by atoms with E-state index in [-0.39, 0.29) is 37.4 Å². The van der Waals surface area contributed by atoms with E-state index in [0.717, 1.165) is 5.69 Å². The van der Waals surface area contributed by atoms with E-state index in [4.69, 9.17) is 11.6 Å². The van der Waals surface area contributed by atoms with Gasteiger partial charge in [-0.3, -0.25) is 19.5 Å². The van der Waals surface area contributed by atoms with Crippen LogP contribution in [0, 0.1) is 0 Å². The van der Waals surface area contributed by atoms with Crippen molar-refractivity contribution in [2.75, 3.05) is 20.1 Å². The van der Waals surface area contributed by atoms with Crippen molar-refractivity contribution in [3.63, 3.8) is 0 Å². The lowest BCUT2D eigenvalue weighted by Crippen LogP contribution is -2.45. The van der Waals surface area contributed by atoms with Gasteiger partial charge in [-0.25, -0.2) is 4.79 Å². The van der Waals surface area contributed by atoms with Crippen LogP contribution in [0.2, 0.25) is 5.02 Å². The fourth-order valence-electron chi connectivity index (χ4n) is 3.76. The number of rotatable bonds is 6. The van der Waals surface area contributed by atoms with Gasteiger partial charge in [0.05, 0.1) is 36.1 Å². The Morgan fingerprint density at radius 2 is 2.00 bits per heavy atom. The van der Waals surface area contributed by atoms with E-state index < -0.39 is 6.04 Å². The quantitative estimate of drug-likeness (QED) is 0.721. The molecule has 0 saturated carbocycles. The molecule has 2 N–H and O–H groups in total. The van der Waals surface area contributed by atoms with Crippen LogP contribution in [0.4, 0.5) is 4.79 Å². The van der Waals surface area contributed by atoms with Gasteiger partial charge in [0.15, 0.2) is 0 Å². The van der Waals surface area contributed by atoms with Crippen molar-refractivity contribution in [1.29, 1.82) is 0 Å². The zero-order valence-electron chi connectivity index (χ0n) is 17.0. The first-order valence-electron chi connectivity index (χ1n) is 9.93. The van der Waals surface area contributed by atoms with Gasteiger partial charge in [-0.2, -0.15) is 0 Å². The van der Waals surface area contributed by atoms with Crippen LogP contribution < -0.4 is 10.6 Å². The molecule has 9 heteroatoms. The molecule has 1 unspecified atom stereocenters. The first kappa shape index (κ1) is 20.9. The van der Waals surface area contributed by atoms with E-state index >= 15 is 0 Å². The topological polar surface area (TPSA) is 94.6 Å². The molecule has 0 radical (unpaired) electrons. The number of nitrogens with zero attached hydrogens (tertiary/aromatic N) is 3. The third-order valence-electron chi connectivity index (χ3n) is 5.45. The van der Waals surface area contributed by atoms with Crippen LogP contribution in [0.3, 0.4) is 0 Å². The second kappa shape index (κ2) is 8.77. The van der Waals surface area contributed by atoms with Gasteiger partial charge in [-0.1, -0.05) is 35.9 Å². The summed E-state index contributed by atoms with van der Waals surface area (Å²) < 4.78 is 0. The van der Waals surface area contributed by atoms with Crippen LogP contribution in [0.15, 0.2) is 59.9 Å². The summed E-state index contributed by atoms with van der Waals surface area (Å²) >= 11 is 6.33. The number of carbonyl (C=O) groups is 3. The van der Waals surface area contributed by atoms with Crippen molar-refractivity contribution < 1.29 is 14.4 Å². The number of aromatic nitrogens is 1. The van der Waals surface area contributed by atoms with E-state index in [2.05, 4.69) is 15.6 Å². The SMILES string of the molecule is CN1C(=O)NC(c2ccccc2Cl)C2=C1CN(CCC(=O)NCc1ccccn1)C2=O. The lowest BCUT2D eigenvalue weighted by molar-refractivity contribution is -0.127. The van der Waals surface area contributed by atoms with Gasteiger partial charge in [-0.05, 0) is 23.8 Å². The molecule has 0 bridgehead atoms. The minimum Gasteiger partial charge on any atom is -0.350 e. The fourth-order valence-corrected chi connectivity index (χ4v) is 4.01. The predicted octanol–water partition coefficient (Wildman–Crippen LogP) is 2.23. The summed E-state index contributed by atoms with van der Waals surface area (Å²) in [5, 5.41) is 6.15. The zero-order chi connectivity index (χ0) is 22.0. The summed E-state index contributed by atoms with van der Waals surface area (Å²) in [6.07, 6.45) is 1.82. The lowest BCUT2D eigenvalue weighted by Gasteiger charge is -2.31. The Morgan fingerprint density at radius 3 is 2.74 bits per heavy atom. The summed E-state index contributed by atoms with van der Waals surface area (Å²) in [5.41, 5.74) is 2.55. The Morgan fingerprint density at radius 1 is 1.23 bits per heavy atom. The Kier molecular flexibility index (Phi) is 5.90. The Hall–Kier alpha value is -3.39. The molecule has 31 heavy (non-hydrogen) atoms. The summed E-state index contributed by atoms with van der Waals surface area (Å²) in [7, 11) is 1.63. The monoisotopic (exact) mass is 439 g/mol. The minimum atomic E-state index is -0.622. The number of urea groups is 1. The van der Waals surface area contributed by atoms with Gasteiger partial charge in [0.25, 0.3) is 5.91 Å². The number of likely N-dealkylation sites (N-methyl/N-ethyl adjacent to an activating group) is 1. The highest BCUT2D eigenvalue weighted by Crippen LogP contribution is 2.37. The molecule has 0 aliphatic carbocycles. The largest absolute Gasteiger partial charge is 0.350 e. The molecule has 3 heterocycles. The smallest absolute Gasteiger partial charge is 0.322 e. The van der Waals surface area contributed by atoms with Crippen molar-refractivity contribution in [3.05, 3.63) is 76.2 Å². The average molecular weight is 440 g/mol. The van der Waals surface area contributed by atoms with Crippen LogP contribution in [-0.2, 0) is 16.1 Å². The molecule has 0 saturated heterocycles. The summed E-state index contributed by atoms with van der Waals surface area (Å²) in [5.74, 6) is -0.377. The molecule has 1 atom stereocenters. The Bertz CT molecular complexity index is 1060. The molecule has 1 aromatic heterocycles. The minimum absolute atomic E-state index is 0.154. The Labute approximate surface area is 184 Å². The van der Waals surface area contributed by atoms with Gasteiger partial charge >= 0.3 is 6.03 Å². The maximum absolute atomic E-state index is 13.2. The predicted molar refractivity (Wildman–Crippen MR) is 115 cm³/mol. The molecule has 2 aliphatic rings. The summed E-state index contributed by atoms with van der Waals surface area (Å²) in [6.45, 7) is 0.849. The van der Waals surface area contributed by atoms with E-state index in [9.17, 15) is 14.4 Å². The van der Waals surface area contributed by atoms with Crippen molar-refractivity contribution >= 4 is 29.4 Å². The fraction of sp³-hybridized carbons (Fsp3) is 0.273. The molecular formula is C22H22ClN5O3. The zero-order valence-corrected chi connectivity index (χ0v) is 17.7. The van der Waals surface area contributed by atoms with Gasteiger partial charge in [-0.15, -0.1) is 0 Å².